The van der Waals surface area contributed by atoms with Crippen LogP contribution < -0.4 is 0 Å². The lowest BCUT2D eigenvalue weighted by Crippen LogP contribution is -2.46. The number of rotatable bonds is 3. The van der Waals surface area contributed by atoms with Crippen LogP contribution in [0.2, 0.25) is 0 Å². The smallest absolute Gasteiger partial charge is 0.410 e. The van der Waals surface area contributed by atoms with Crippen LogP contribution in [0.15, 0.2) is 24.3 Å². The van der Waals surface area contributed by atoms with Gasteiger partial charge in [0.15, 0.2) is 0 Å². The van der Waals surface area contributed by atoms with E-state index in [-0.39, 0.29) is 25.1 Å². The number of aryl methyl sites for hydroxylation is 1. The molecule has 0 aromatic heterocycles. The summed E-state index contributed by atoms with van der Waals surface area (Å²) < 4.78 is 33.8. The Bertz CT molecular complexity index is 546. The summed E-state index contributed by atoms with van der Waals surface area (Å²) >= 11 is 0. The first-order chi connectivity index (χ1) is 10.7. The maximum atomic E-state index is 14.9. The Hall–Kier alpha value is -1.65. The monoisotopic (exact) mass is 325 g/mol. The van der Waals surface area contributed by atoms with Gasteiger partial charge in [0, 0.05) is 13.1 Å². The molecule has 1 saturated heterocycles. The average Bonchev–Trinajstić information content (AvgIpc) is 2.45. The topological polar surface area (TPSA) is 29.5 Å². The van der Waals surface area contributed by atoms with Crippen LogP contribution >= 0.6 is 0 Å². The van der Waals surface area contributed by atoms with Gasteiger partial charge in [-0.3, -0.25) is 0 Å². The molecule has 1 aromatic rings. The molecule has 3 nitrogen and oxygen atoms in total. The van der Waals surface area contributed by atoms with E-state index in [9.17, 15) is 13.6 Å². The third-order valence-corrected chi connectivity index (χ3v) is 4.11. The molecule has 1 heterocycles. The summed E-state index contributed by atoms with van der Waals surface area (Å²) in [5.74, 6) is -0.290. The van der Waals surface area contributed by atoms with E-state index in [0.717, 1.165) is 0 Å². The van der Waals surface area contributed by atoms with Crippen molar-refractivity contribution in [2.75, 3.05) is 13.1 Å². The number of likely N-dealkylation sites (tertiary alicyclic amines) is 1. The summed E-state index contributed by atoms with van der Waals surface area (Å²) in [6, 6.07) is 6.47. The van der Waals surface area contributed by atoms with Crippen molar-refractivity contribution < 1.29 is 18.3 Å². The minimum Gasteiger partial charge on any atom is -0.444 e. The molecule has 1 aromatic carbocycles. The van der Waals surface area contributed by atoms with E-state index in [1.54, 1.807) is 23.1 Å². The Morgan fingerprint density at radius 1 is 1.26 bits per heavy atom. The van der Waals surface area contributed by atoms with E-state index in [0.29, 0.717) is 25.1 Å². The van der Waals surface area contributed by atoms with Crippen molar-refractivity contribution in [3.63, 3.8) is 0 Å². The van der Waals surface area contributed by atoms with Crippen LogP contribution in [-0.2, 0) is 11.2 Å². The zero-order valence-electron chi connectivity index (χ0n) is 14.1. The van der Waals surface area contributed by atoms with Crippen LogP contribution in [0.1, 0.15) is 45.6 Å². The van der Waals surface area contributed by atoms with E-state index in [1.807, 2.05) is 20.8 Å². The molecule has 0 atom stereocenters. The fourth-order valence-corrected chi connectivity index (χ4v) is 2.73. The number of halogens is 2. The van der Waals surface area contributed by atoms with Crippen LogP contribution in [0.4, 0.5) is 13.6 Å². The predicted octanol–water partition coefficient (Wildman–Crippen LogP) is 4.50. The Labute approximate surface area is 136 Å². The van der Waals surface area contributed by atoms with Crippen molar-refractivity contribution in [3.8, 4) is 0 Å². The molecule has 1 fully saturated rings. The number of hydrogen-bond acceptors (Lipinski definition) is 2. The van der Waals surface area contributed by atoms with Gasteiger partial charge < -0.3 is 9.64 Å². The molecule has 0 spiro atoms. The van der Waals surface area contributed by atoms with Gasteiger partial charge in [0.1, 0.15) is 17.1 Å². The van der Waals surface area contributed by atoms with Crippen LogP contribution in [0.5, 0.6) is 0 Å². The second-order valence-corrected chi connectivity index (χ2v) is 7.21. The normalized spacial score (nSPS) is 17.9. The Morgan fingerprint density at radius 3 is 2.43 bits per heavy atom. The fourth-order valence-electron chi connectivity index (χ4n) is 2.73. The molecule has 0 radical (unpaired) electrons. The lowest BCUT2D eigenvalue weighted by molar-refractivity contribution is 0.00153. The molecule has 1 aliphatic heterocycles. The van der Waals surface area contributed by atoms with Crippen molar-refractivity contribution in [1.29, 1.82) is 0 Å². The Kier molecular flexibility index (Phi) is 5.27. The number of alkyl halides is 1. The van der Waals surface area contributed by atoms with Gasteiger partial charge in [-0.15, -0.1) is 0 Å². The van der Waals surface area contributed by atoms with Crippen LogP contribution in [0.25, 0.3) is 0 Å². The number of ether oxygens (including phenoxy) is 1. The number of amides is 1. The molecule has 0 saturated carbocycles. The van der Waals surface area contributed by atoms with Gasteiger partial charge in [0.25, 0.3) is 0 Å². The highest BCUT2D eigenvalue weighted by atomic mass is 19.1. The minimum absolute atomic E-state index is 0.265. The van der Waals surface area contributed by atoms with Gasteiger partial charge in [0.2, 0.25) is 0 Å². The molecule has 2 rings (SSSR count). The average molecular weight is 325 g/mol. The van der Waals surface area contributed by atoms with Gasteiger partial charge in [0.05, 0.1) is 0 Å². The minimum atomic E-state index is -1.35. The van der Waals surface area contributed by atoms with Crippen LogP contribution in [-0.4, -0.2) is 35.4 Å². The van der Waals surface area contributed by atoms with Crippen molar-refractivity contribution >= 4 is 6.09 Å². The Balaban J connectivity index is 1.85. The lowest BCUT2D eigenvalue weighted by atomic mass is 9.87. The van der Waals surface area contributed by atoms with Gasteiger partial charge in [-0.05, 0) is 58.1 Å². The summed E-state index contributed by atoms with van der Waals surface area (Å²) in [6.07, 6.45) is 0.779. The summed E-state index contributed by atoms with van der Waals surface area (Å²) in [4.78, 5) is 13.5. The summed E-state index contributed by atoms with van der Waals surface area (Å²) in [5.41, 5.74) is -1.36. The van der Waals surface area contributed by atoms with Crippen molar-refractivity contribution in [1.82, 2.24) is 4.90 Å². The van der Waals surface area contributed by atoms with E-state index in [1.165, 1.54) is 6.07 Å². The molecule has 5 heteroatoms. The second-order valence-electron chi connectivity index (χ2n) is 7.21. The molecule has 0 aliphatic carbocycles. The van der Waals surface area contributed by atoms with Gasteiger partial charge in [-0.1, -0.05) is 18.2 Å². The maximum absolute atomic E-state index is 14.9. The molecule has 0 bridgehead atoms. The SMILES string of the molecule is CC(C)(C)OC(=O)N1CCC(F)(CCc2ccccc2F)CC1. The maximum Gasteiger partial charge on any atom is 0.410 e. The molecule has 128 valence electrons. The van der Waals surface area contributed by atoms with Crippen molar-refractivity contribution in [3.05, 3.63) is 35.6 Å². The first-order valence-corrected chi connectivity index (χ1v) is 8.09. The van der Waals surface area contributed by atoms with Crippen molar-refractivity contribution in [2.45, 2.75) is 57.7 Å². The molecule has 1 amide bonds. The number of piperidine rings is 1. The highest BCUT2D eigenvalue weighted by molar-refractivity contribution is 5.68. The zero-order chi connectivity index (χ0) is 17.1. The second kappa shape index (κ2) is 6.85. The van der Waals surface area contributed by atoms with E-state index < -0.39 is 17.4 Å². The number of hydrogen-bond donors (Lipinski definition) is 0. The molecule has 1 aliphatic rings. The highest BCUT2D eigenvalue weighted by Gasteiger charge is 2.36. The van der Waals surface area contributed by atoms with E-state index >= 15 is 0 Å². The molecule has 0 N–H and O–H groups in total. The van der Waals surface area contributed by atoms with E-state index in [4.69, 9.17) is 4.74 Å². The fraction of sp³-hybridized carbons (Fsp3) is 0.611. The number of benzene rings is 1. The summed E-state index contributed by atoms with van der Waals surface area (Å²) in [5, 5.41) is 0. The lowest BCUT2D eigenvalue weighted by Gasteiger charge is -2.37. The van der Waals surface area contributed by atoms with Gasteiger partial charge >= 0.3 is 6.09 Å². The quantitative estimate of drug-likeness (QED) is 0.819. The van der Waals surface area contributed by atoms with Crippen LogP contribution in [0, 0.1) is 5.82 Å². The molecule has 0 unspecified atom stereocenters. The van der Waals surface area contributed by atoms with Gasteiger partial charge in [-0.2, -0.15) is 0 Å². The largest absolute Gasteiger partial charge is 0.444 e. The Morgan fingerprint density at radius 2 is 1.87 bits per heavy atom. The molecule has 23 heavy (non-hydrogen) atoms. The third-order valence-electron chi connectivity index (χ3n) is 4.11. The molecular weight excluding hydrogens is 300 g/mol. The summed E-state index contributed by atoms with van der Waals surface area (Å²) in [6.45, 7) is 6.10. The van der Waals surface area contributed by atoms with Crippen LogP contribution in [0.3, 0.4) is 0 Å². The standard InChI is InChI=1S/C18H25F2NO2/c1-17(2,3)23-16(22)21-12-10-18(20,11-13-21)9-8-14-6-4-5-7-15(14)19/h4-7H,8-13H2,1-3H3. The van der Waals surface area contributed by atoms with E-state index in [2.05, 4.69) is 0 Å². The van der Waals surface area contributed by atoms with Crippen molar-refractivity contribution in [2.24, 2.45) is 0 Å². The van der Waals surface area contributed by atoms with Gasteiger partial charge in [-0.25, -0.2) is 13.6 Å². The molecular formula is C18H25F2NO2. The number of nitrogens with zero attached hydrogens (tertiary/aromatic N) is 1. The highest BCUT2D eigenvalue weighted by Crippen LogP contribution is 2.32. The predicted molar refractivity (Wildman–Crippen MR) is 85.6 cm³/mol. The first kappa shape index (κ1) is 17.7. The number of carbonyl (C=O) groups excluding carboxylic acids is 1. The summed E-state index contributed by atoms with van der Waals surface area (Å²) in [7, 11) is 0. The first-order valence-electron chi connectivity index (χ1n) is 8.09. The zero-order valence-corrected chi connectivity index (χ0v) is 14.1. The third kappa shape index (κ3) is 5.19. The number of carbonyl (C=O) groups is 1.